The van der Waals surface area contributed by atoms with Gasteiger partial charge in [-0.1, -0.05) is 65.7 Å². The summed E-state index contributed by atoms with van der Waals surface area (Å²) in [6.07, 6.45) is -3.95. The minimum atomic E-state index is -4.78. The average Bonchev–Trinajstić information content (AvgIpc) is 2.89. The third kappa shape index (κ3) is 8.12. The third-order valence-corrected chi connectivity index (χ3v) is 7.70. The maximum absolute atomic E-state index is 13.8. The van der Waals surface area contributed by atoms with Gasteiger partial charge in [0.15, 0.2) is 0 Å². The Morgan fingerprint density at radius 1 is 0.950 bits per heavy atom. The predicted molar refractivity (Wildman–Crippen MR) is 149 cm³/mol. The number of likely N-dealkylation sites (N-methyl/N-ethyl adjacent to an activating group) is 1. The Hall–Kier alpha value is -3.28. The molecule has 0 saturated carbocycles. The van der Waals surface area contributed by atoms with Crippen molar-refractivity contribution in [2.45, 2.75) is 25.2 Å². The number of nitrogens with one attached hydrogen (secondary N) is 1. The maximum atomic E-state index is 13.8. The molecule has 2 amide bonds. The average molecular weight is 616 g/mol. The van der Waals surface area contributed by atoms with Crippen molar-refractivity contribution in [1.82, 2.24) is 10.2 Å². The van der Waals surface area contributed by atoms with E-state index in [0.717, 1.165) is 17.9 Å². The van der Waals surface area contributed by atoms with Crippen molar-refractivity contribution in [1.29, 1.82) is 0 Å². The van der Waals surface area contributed by atoms with Crippen molar-refractivity contribution < 1.29 is 31.2 Å². The minimum absolute atomic E-state index is 0.0863. The van der Waals surface area contributed by atoms with Crippen LogP contribution in [0.1, 0.15) is 16.7 Å². The van der Waals surface area contributed by atoms with Gasteiger partial charge in [0.1, 0.15) is 12.6 Å². The van der Waals surface area contributed by atoms with Crippen molar-refractivity contribution in [2.75, 3.05) is 24.2 Å². The largest absolute Gasteiger partial charge is 0.416 e. The van der Waals surface area contributed by atoms with Crippen LogP contribution in [0.25, 0.3) is 0 Å². The second kappa shape index (κ2) is 12.9. The molecular weight excluding hydrogens is 590 g/mol. The van der Waals surface area contributed by atoms with E-state index in [1.807, 2.05) is 0 Å². The number of halogens is 5. The minimum Gasteiger partial charge on any atom is -0.357 e. The topological polar surface area (TPSA) is 86.8 Å². The quantitative estimate of drug-likeness (QED) is 0.341. The highest BCUT2D eigenvalue weighted by Crippen LogP contribution is 2.36. The summed E-state index contributed by atoms with van der Waals surface area (Å²) in [7, 11) is -2.90. The Bertz CT molecular complexity index is 1450. The van der Waals surface area contributed by atoms with Crippen LogP contribution >= 0.6 is 23.2 Å². The molecule has 0 aliphatic heterocycles. The van der Waals surface area contributed by atoms with E-state index >= 15 is 0 Å². The molecule has 40 heavy (non-hydrogen) atoms. The second-order valence-electron chi connectivity index (χ2n) is 8.90. The number of rotatable bonds is 10. The first-order valence-electron chi connectivity index (χ1n) is 11.8. The van der Waals surface area contributed by atoms with Crippen molar-refractivity contribution in [3.8, 4) is 0 Å². The van der Waals surface area contributed by atoms with E-state index < -0.39 is 51.9 Å². The van der Waals surface area contributed by atoms with Crippen LogP contribution in [0.5, 0.6) is 0 Å². The number of anilines is 1. The van der Waals surface area contributed by atoms with Crippen molar-refractivity contribution >= 4 is 50.7 Å². The Morgan fingerprint density at radius 3 is 2.12 bits per heavy atom. The van der Waals surface area contributed by atoms with Gasteiger partial charge in [0.25, 0.3) is 0 Å². The summed E-state index contributed by atoms with van der Waals surface area (Å²) < 4.78 is 66.3. The Kier molecular flexibility index (Phi) is 10.1. The van der Waals surface area contributed by atoms with Gasteiger partial charge in [-0.05, 0) is 41.5 Å². The van der Waals surface area contributed by atoms with E-state index in [1.54, 1.807) is 54.6 Å². The van der Waals surface area contributed by atoms with Crippen LogP contribution in [-0.2, 0) is 38.8 Å². The summed E-state index contributed by atoms with van der Waals surface area (Å²) in [5.74, 6) is -1.35. The second-order valence-corrected chi connectivity index (χ2v) is 11.7. The molecule has 0 fully saturated rings. The van der Waals surface area contributed by atoms with Crippen LogP contribution in [0.2, 0.25) is 10.0 Å². The zero-order valence-corrected chi connectivity index (χ0v) is 23.8. The fourth-order valence-corrected chi connectivity index (χ4v) is 5.23. The van der Waals surface area contributed by atoms with Gasteiger partial charge < -0.3 is 10.2 Å². The summed E-state index contributed by atoms with van der Waals surface area (Å²) in [6.45, 7) is -1.02. The summed E-state index contributed by atoms with van der Waals surface area (Å²) in [4.78, 5) is 28.1. The lowest BCUT2D eigenvalue weighted by atomic mass is 10.0. The fourth-order valence-electron chi connectivity index (χ4n) is 3.98. The summed E-state index contributed by atoms with van der Waals surface area (Å²) in [6, 6.07) is 16.4. The van der Waals surface area contributed by atoms with Gasteiger partial charge in [0.05, 0.1) is 22.5 Å². The number of amides is 2. The van der Waals surface area contributed by atoms with Crippen LogP contribution in [0, 0.1) is 0 Å². The molecule has 0 unspecified atom stereocenters. The number of hydrogen-bond acceptors (Lipinski definition) is 4. The lowest BCUT2D eigenvalue weighted by Gasteiger charge is -2.33. The molecule has 0 spiro atoms. The molecule has 0 aliphatic rings. The summed E-state index contributed by atoms with van der Waals surface area (Å²) in [5, 5.41) is 2.67. The lowest BCUT2D eigenvalue weighted by Crippen LogP contribution is -2.52. The molecule has 3 aromatic carbocycles. The van der Waals surface area contributed by atoms with Gasteiger partial charge in [-0.3, -0.25) is 13.9 Å². The van der Waals surface area contributed by atoms with E-state index in [4.69, 9.17) is 23.2 Å². The summed E-state index contributed by atoms with van der Waals surface area (Å²) >= 11 is 12.1. The number of alkyl halides is 3. The number of nitrogens with zero attached hydrogens (tertiary/aromatic N) is 2. The third-order valence-electron chi connectivity index (χ3n) is 6.01. The molecule has 0 aromatic heterocycles. The summed E-state index contributed by atoms with van der Waals surface area (Å²) in [5.41, 5.74) is -0.342. The monoisotopic (exact) mass is 615 g/mol. The van der Waals surface area contributed by atoms with Crippen LogP contribution in [-0.4, -0.2) is 51.0 Å². The van der Waals surface area contributed by atoms with E-state index in [1.165, 1.54) is 11.9 Å². The molecule has 0 saturated heterocycles. The Labute approximate surface area is 240 Å². The molecule has 0 aliphatic carbocycles. The smallest absolute Gasteiger partial charge is 0.357 e. The maximum Gasteiger partial charge on any atom is 0.416 e. The van der Waals surface area contributed by atoms with Crippen LogP contribution in [0.15, 0.2) is 72.8 Å². The Morgan fingerprint density at radius 2 is 1.57 bits per heavy atom. The molecule has 1 atom stereocenters. The lowest BCUT2D eigenvalue weighted by molar-refractivity contribution is -0.139. The van der Waals surface area contributed by atoms with Crippen molar-refractivity contribution in [2.24, 2.45) is 0 Å². The standard InChI is InChI=1S/C27H26Cl2F3N3O4S/c1-33-26(37)24(14-18-6-4-3-5-7-18)34(16-19-8-11-21(28)12-9-19)25(36)17-35(40(2,38)39)23-15-20(27(30,31)32)10-13-22(23)29/h3-13,15,24H,14,16-17H2,1-2H3,(H,33,37)/t24-/m1/s1. The van der Waals surface area contributed by atoms with Gasteiger partial charge in [0, 0.05) is 25.0 Å². The normalized spacial score (nSPS) is 12.5. The van der Waals surface area contributed by atoms with Crippen LogP contribution in [0.3, 0.4) is 0 Å². The van der Waals surface area contributed by atoms with E-state index in [9.17, 15) is 31.2 Å². The molecule has 7 nitrogen and oxygen atoms in total. The highest BCUT2D eigenvalue weighted by molar-refractivity contribution is 7.92. The molecule has 3 aromatic rings. The molecule has 1 N–H and O–H groups in total. The van der Waals surface area contributed by atoms with Crippen molar-refractivity contribution in [3.63, 3.8) is 0 Å². The number of benzene rings is 3. The number of hydrogen-bond donors (Lipinski definition) is 1. The van der Waals surface area contributed by atoms with Gasteiger partial charge in [-0.2, -0.15) is 13.2 Å². The predicted octanol–water partition coefficient (Wildman–Crippen LogP) is 5.16. The number of carbonyl (C=O) groups excluding carboxylic acids is 2. The van der Waals surface area contributed by atoms with E-state index in [0.29, 0.717) is 27.0 Å². The zero-order chi connectivity index (χ0) is 29.7. The molecule has 3 rings (SSSR count). The molecule has 0 bridgehead atoms. The van der Waals surface area contributed by atoms with E-state index in [2.05, 4.69) is 5.32 Å². The number of sulfonamides is 1. The highest BCUT2D eigenvalue weighted by Gasteiger charge is 2.35. The molecule has 0 radical (unpaired) electrons. The van der Waals surface area contributed by atoms with Gasteiger partial charge in [0.2, 0.25) is 21.8 Å². The fraction of sp³-hybridized carbons (Fsp3) is 0.259. The zero-order valence-electron chi connectivity index (χ0n) is 21.5. The van der Waals surface area contributed by atoms with Gasteiger partial charge >= 0.3 is 6.18 Å². The van der Waals surface area contributed by atoms with Crippen LogP contribution < -0.4 is 9.62 Å². The molecule has 13 heteroatoms. The van der Waals surface area contributed by atoms with Crippen LogP contribution in [0.4, 0.5) is 18.9 Å². The SMILES string of the molecule is CNC(=O)[C@@H](Cc1ccccc1)N(Cc1ccc(Cl)cc1)C(=O)CN(c1cc(C(F)(F)F)ccc1Cl)S(C)(=O)=O. The molecule has 214 valence electrons. The van der Waals surface area contributed by atoms with Crippen molar-refractivity contribution in [3.05, 3.63) is 99.5 Å². The first kappa shape index (κ1) is 31.3. The Balaban J connectivity index is 2.08. The molecule has 0 heterocycles. The number of carbonyl (C=O) groups is 2. The first-order valence-corrected chi connectivity index (χ1v) is 14.4. The van der Waals surface area contributed by atoms with Gasteiger partial charge in [-0.15, -0.1) is 0 Å². The molecular formula is C27H26Cl2F3N3O4S. The van der Waals surface area contributed by atoms with Gasteiger partial charge in [-0.25, -0.2) is 8.42 Å². The van der Waals surface area contributed by atoms with E-state index in [-0.39, 0.29) is 18.0 Å². The first-order chi connectivity index (χ1) is 18.7. The highest BCUT2D eigenvalue weighted by atomic mass is 35.5.